The highest BCUT2D eigenvalue weighted by Gasteiger charge is 2.33. The van der Waals surface area contributed by atoms with Gasteiger partial charge in [-0.25, -0.2) is 0 Å². The van der Waals surface area contributed by atoms with E-state index in [0.717, 1.165) is 34.0 Å². The SMILES string of the molecule is COc1ccc2c(c1)-c1cc(OC)ccc1N1c3ccccc3-c3cc4cc5ccccc5cc4cc3-c3cccc-2c31. The van der Waals surface area contributed by atoms with Crippen LogP contribution in [0.4, 0.5) is 17.1 Å². The maximum atomic E-state index is 5.75. The van der Waals surface area contributed by atoms with Crippen molar-refractivity contribution in [2.75, 3.05) is 19.1 Å². The molecule has 3 heteroatoms. The second-order valence-electron chi connectivity index (χ2n) is 11.3. The number of hydrogen-bond acceptors (Lipinski definition) is 3. The van der Waals surface area contributed by atoms with Gasteiger partial charge in [-0.15, -0.1) is 0 Å². The van der Waals surface area contributed by atoms with Crippen molar-refractivity contribution in [3.8, 4) is 56.0 Å². The highest BCUT2D eigenvalue weighted by atomic mass is 16.5. The summed E-state index contributed by atoms with van der Waals surface area (Å²) in [5, 5.41) is 4.99. The molecule has 0 amide bonds. The fourth-order valence-corrected chi connectivity index (χ4v) is 7.08. The Morgan fingerprint density at radius 1 is 0.372 bits per heavy atom. The van der Waals surface area contributed by atoms with E-state index >= 15 is 0 Å². The number of fused-ring (bicyclic) bond motifs is 12. The molecule has 2 aliphatic heterocycles. The minimum atomic E-state index is 0.823. The van der Waals surface area contributed by atoms with Gasteiger partial charge >= 0.3 is 0 Å². The average molecular weight is 554 g/mol. The van der Waals surface area contributed by atoms with E-state index in [1.165, 1.54) is 60.6 Å². The lowest BCUT2D eigenvalue weighted by Crippen LogP contribution is -2.12. The minimum absolute atomic E-state index is 0.823. The van der Waals surface area contributed by atoms with Crippen LogP contribution in [0.5, 0.6) is 11.5 Å². The van der Waals surface area contributed by atoms with Gasteiger partial charge in [-0.1, -0.05) is 60.7 Å². The Bertz CT molecular complexity index is 2280. The molecule has 0 bridgehead atoms. The van der Waals surface area contributed by atoms with E-state index in [1.54, 1.807) is 14.2 Å². The van der Waals surface area contributed by atoms with E-state index in [-0.39, 0.29) is 0 Å². The van der Waals surface area contributed by atoms with Crippen LogP contribution in [0.1, 0.15) is 0 Å². The van der Waals surface area contributed by atoms with Crippen LogP contribution >= 0.6 is 0 Å². The summed E-state index contributed by atoms with van der Waals surface area (Å²) in [5.41, 5.74) is 12.9. The molecule has 43 heavy (non-hydrogen) atoms. The predicted octanol–water partition coefficient (Wildman–Crippen LogP) is 10.8. The van der Waals surface area contributed by atoms with Crippen molar-refractivity contribution in [1.29, 1.82) is 0 Å². The zero-order valence-corrected chi connectivity index (χ0v) is 23.9. The lowest BCUT2D eigenvalue weighted by molar-refractivity contribution is 0.414. The number of nitrogens with zero attached hydrogens (tertiary/aromatic N) is 1. The Morgan fingerprint density at radius 3 is 1.63 bits per heavy atom. The molecule has 0 aliphatic carbocycles. The van der Waals surface area contributed by atoms with E-state index in [2.05, 4.69) is 132 Å². The number of methoxy groups -OCH3 is 2. The van der Waals surface area contributed by atoms with Crippen LogP contribution in [-0.4, -0.2) is 14.2 Å². The van der Waals surface area contributed by atoms with Crippen molar-refractivity contribution in [3.05, 3.63) is 127 Å². The van der Waals surface area contributed by atoms with Crippen molar-refractivity contribution in [1.82, 2.24) is 0 Å². The van der Waals surface area contributed by atoms with Crippen LogP contribution in [0.2, 0.25) is 0 Å². The fourth-order valence-electron chi connectivity index (χ4n) is 7.08. The topological polar surface area (TPSA) is 21.7 Å². The van der Waals surface area contributed by atoms with Crippen molar-refractivity contribution in [3.63, 3.8) is 0 Å². The number of hydrogen-bond donors (Lipinski definition) is 0. The Kier molecular flexibility index (Phi) is 5.03. The number of para-hydroxylation sites is 2. The molecule has 204 valence electrons. The maximum Gasteiger partial charge on any atom is 0.119 e. The molecule has 0 saturated heterocycles. The monoisotopic (exact) mass is 553 g/mol. The van der Waals surface area contributed by atoms with Crippen LogP contribution in [0.3, 0.4) is 0 Å². The summed E-state index contributed by atoms with van der Waals surface area (Å²) in [5.74, 6) is 1.65. The zero-order valence-electron chi connectivity index (χ0n) is 23.9. The van der Waals surface area contributed by atoms with Crippen molar-refractivity contribution in [2.24, 2.45) is 0 Å². The summed E-state index contributed by atoms with van der Waals surface area (Å²) in [4.78, 5) is 2.46. The van der Waals surface area contributed by atoms with E-state index in [1.807, 2.05) is 0 Å². The molecule has 0 N–H and O–H groups in total. The molecule has 3 nitrogen and oxygen atoms in total. The average Bonchev–Trinajstić information content (AvgIpc) is 3.26. The van der Waals surface area contributed by atoms with Crippen molar-refractivity contribution < 1.29 is 9.47 Å². The first-order chi connectivity index (χ1) is 21.2. The van der Waals surface area contributed by atoms with Gasteiger partial charge in [0.15, 0.2) is 0 Å². The standard InChI is InChI=1S/C40H27NO2/c1-42-28-14-16-30-32-11-7-12-33-35-21-27-19-25-9-4-3-8-24(25)18-26(27)20-34(35)31-10-5-6-13-38(31)41(40(32)33)39-17-15-29(43-2)23-37(39)36(30)22-28/h3-23H,1-2H3. The molecule has 0 unspecified atom stereocenters. The predicted molar refractivity (Wildman–Crippen MR) is 178 cm³/mol. The van der Waals surface area contributed by atoms with E-state index < -0.39 is 0 Å². The molecule has 0 aromatic heterocycles. The van der Waals surface area contributed by atoms with Crippen LogP contribution in [0, 0.1) is 0 Å². The smallest absolute Gasteiger partial charge is 0.119 e. The maximum absolute atomic E-state index is 5.75. The van der Waals surface area contributed by atoms with Gasteiger partial charge < -0.3 is 14.4 Å². The van der Waals surface area contributed by atoms with Crippen molar-refractivity contribution in [2.45, 2.75) is 0 Å². The second kappa shape index (κ2) is 8.98. The van der Waals surface area contributed by atoms with E-state index in [9.17, 15) is 0 Å². The van der Waals surface area contributed by atoms with Crippen LogP contribution in [0.25, 0.3) is 66.1 Å². The number of benzene rings is 7. The second-order valence-corrected chi connectivity index (χ2v) is 11.3. The summed E-state index contributed by atoms with van der Waals surface area (Å²) >= 11 is 0. The molecule has 0 radical (unpaired) electrons. The quantitative estimate of drug-likeness (QED) is 0.199. The Labute approximate surface area is 250 Å². The van der Waals surface area contributed by atoms with Gasteiger partial charge in [0, 0.05) is 22.3 Å². The number of ether oxygens (including phenoxy) is 2. The molecule has 7 aromatic carbocycles. The largest absolute Gasteiger partial charge is 0.497 e. The molecule has 0 saturated carbocycles. The Hall–Kier alpha value is -5.54. The summed E-state index contributed by atoms with van der Waals surface area (Å²) in [6, 6.07) is 46.4. The number of rotatable bonds is 2. The van der Waals surface area contributed by atoms with E-state index in [4.69, 9.17) is 9.47 Å². The molecular formula is C40H27NO2. The van der Waals surface area contributed by atoms with Gasteiger partial charge in [-0.2, -0.15) is 0 Å². The molecule has 9 rings (SSSR count). The third-order valence-electron chi connectivity index (χ3n) is 9.08. The van der Waals surface area contributed by atoms with Gasteiger partial charge in [0.1, 0.15) is 11.5 Å². The third kappa shape index (κ3) is 3.42. The Balaban J connectivity index is 1.46. The van der Waals surface area contributed by atoms with Gasteiger partial charge in [-0.3, -0.25) is 0 Å². The highest BCUT2D eigenvalue weighted by Crippen LogP contribution is 2.59. The summed E-state index contributed by atoms with van der Waals surface area (Å²) in [7, 11) is 3.45. The minimum Gasteiger partial charge on any atom is -0.497 e. The first kappa shape index (κ1) is 24.1. The van der Waals surface area contributed by atoms with Gasteiger partial charge in [0.25, 0.3) is 0 Å². The lowest BCUT2D eigenvalue weighted by atomic mass is 9.88. The summed E-state index contributed by atoms with van der Waals surface area (Å²) in [6.07, 6.45) is 0. The Morgan fingerprint density at radius 2 is 0.907 bits per heavy atom. The van der Waals surface area contributed by atoms with Crippen LogP contribution in [-0.2, 0) is 0 Å². The molecule has 2 aliphatic rings. The first-order valence-corrected chi connectivity index (χ1v) is 14.6. The fraction of sp³-hybridized carbons (Fsp3) is 0.0500. The first-order valence-electron chi connectivity index (χ1n) is 14.6. The molecule has 0 atom stereocenters. The van der Waals surface area contributed by atoms with Crippen LogP contribution < -0.4 is 14.4 Å². The van der Waals surface area contributed by atoms with Gasteiger partial charge in [0.2, 0.25) is 0 Å². The number of anilines is 3. The molecule has 2 heterocycles. The molecular weight excluding hydrogens is 526 g/mol. The van der Waals surface area contributed by atoms with Crippen molar-refractivity contribution >= 4 is 38.6 Å². The molecule has 0 spiro atoms. The molecule has 7 aromatic rings. The van der Waals surface area contributed by atoms with Gasteiger partial charge in [-0.05, 0) is 111 Å². The summed E-state index contributed by atoms with van der Waals surface area (Å²) < 4.78 is 11.5. The molecule has 0 fully saturated rings. The van der Waals surface area contributed by atoms with Crippen LogP contribution in [0.15, 0.2) is 127 Å². The zero-order chi connectivity index (χ0) is 28.7. The summed E-state index contributed by atoms with van der Waals surface area (Å²) in [6.45, 7) is 0. The van der Waals surface area contributed by atoms with Gasteiger partial charge in [0.05, 0.1) is 31.3 Å². The normalized spacial score (nSPS) is 12.4. The highest BCUT2D eigenvalue weighted by molar-refractivity contribution is 6.14. The lowest BCUT2D eigenvalue weighted by Gasteiger charge is -2.29. The van der Waals surface area contributed by atoms with E-state index in [0.29, 0.717) is 0 Å². The third-order valence-corrected chi connectivity index (χ3v) is 9.08.